The van der Waals surface area contributed by atoms with E-state index < -0.39 is 24.1 Å². The predicted octanol–water partition coefficient (Wildman–Crippen LogP) is 2.99. The van der Waals surface area contributed by atoms with Crippen LogP contribution in [0.4, 0.5) is 4.79 Å². The van der Waals surface area contributed by atoms with Crippen LogP contribution in [0.25, 0.3) is 0 Å². The molecule has 2 aromatic rings. The second kappa shape index (κ2) is 9.82. The second-order valence-electron chi connectivity index (χ2n) is 8.18. The number of esters is 1. The number of benzene rings is 2. The van der Waals surface area contributed by atoms with Crippen molar-refractivity contribution in [1.82, 2.24) is 10.2 Å². The van der Waals surface area contributed by atoms with Crippen LogP contribution in [0.3, 0.4) is 0 Å². The molecule has 0 aliphatic carbocycles. The number of amides is 1. The Bertz CT molecular complexity index is 971. The van der Waals surface area contributed by atoms with Gasteiger partial charge in [0.15, 0.2) is 6.04 Å². The summed E-state index contributed by atoms with van der Waals surface area (Å²) in [6.45, 7) is 2.68. The van der Waals surface area contributed by atoms with Crippen molar-refractivity contribution >= 4 is 18.0 Å². The quantitative estimate of drug-likeness (QED) is 0.640. The van der Waals surface area contributed by atoms with E-state index in [2.05, 4.69) is 10.2 Å². The molecule has 3 saturated heterocycles. The number of rotatable bonds is 7. The van der Waals surface area contributed by atoms with Gasteiger partial charge in [-0.15, -0.1) is 0 Å². The van der Waals surface area contributed by atoms with E-state index in [-0.39, 0.29) is 18.3 Å². The van der Waals surface area contributed by atoms with Crippen LogP contribution in [0.1, 0.15) is 40.4 Å². The monoisotopic (exact) mass is 438 g/mol. The first-order chi connectivity index (χ1) is 15.5. The Hall–Kier alpha value is -3.39. The fourth-order valence-corrected chi connectivity index (χ4v) is 4.29. The fraction of sp³-hybridized carbons (Fsp3) is 0.375. The Morgan fingerprint density at radius 2 is 1.81 bits per heavy atom. The Morgan fingerprint density at radius 1 is 1.06 bits per heavy atom. The lowest BCUT2D eigenvalue weighted by molar-refractivity contribution is -0.161. The molecule has 32 heavy (non-hydrogen) atoms. The lowest BCUT2D eigenvalue weighted by atomic mass is 9.86. The number of piperidine rings is 3. The zero-order valence-electron chi connectivity index (χ0n) is 17.6. The summed E-state index contributed by atoms with van der Waals surface area (Å²) in [4.78, 5) is 38.9. The van der Waals surface area contributed by atoms with E-state index in [0.717, 1.165) is 32.5 Å². The fourth-order valence-electron chi connectivity index (χ4n) is 4.29. The molecule has 0 radical (unpaired) electrons. The number of hydrogen-bond acceptors (Lipinski definition) is 6. The maximum Gasteiger partial charge on any atom is 0.408 e. The summed E-state index contributed by atoms with van der Waals surface area (Å²) in [6.07, 6.45) is 1.07. The smallest absolute Gasteiger partial charge is 0.408 e. The number of alkyl carbamates (subject to hydrolysis) is 1. The number of carbonyl (C=O) groups is 3. The van der Waals surface area contributed by atoms with Gasteiger partial charge in [-0.05, 0) is 55.1 Å². The normalized spacial score (nSPS) is 22.6. The largest absolute Gasteiger partial charge is 0.478 e. The average Bonchev–Trinajstić information content (AvgIpc) is 2.82. The number of aromatic carboxylic acids is 1. The third-order valence-corrected chi connectivity index (χ3v) is 6.04. The second-order valence-corrected chi connectivity index (χ2v) is 8.18. The Kier molecular flexibility index (Phi) is 6.70. The Balaban J connectivity index is 1.40. The molecule has 0 aromatic heterocycles. The van der Waals surface area contributed by atoms with Crippen LogP contribution >= 0.6 is 0 Å². The van der Waals surface area contributed by atoms with E-state index >= 15 is 0 Å². The van der Waals surface area contributed by atoms with Crippen LogP contribution in [0, 0.1) is 5.92 Å². The van der Waals surface area contributed by atoms with Gasteiger partial charge in [-0.25, -0.2) is 14.4 Å². The molecular weight excluding hydrogens is 412 g/mol. The number of carboxylic acids is 1. The molecular formula is C24H26N2O6. The van der Waals surface area contributed by atoms with E-state index in [4.69, 9.17) is 14.6 Å². The van der Waals surface area contributed by atoms with Gasteiger partial charge in [0.05, 0.1) is 5.56 Å². The Morgan fingerprint density at radius 3 is 2.47 bits per heavy atom. The highest BCUT2D eigenvalue weighted by atomic mass is 16.6. The first kappa shape index (κ1) is 21.8. The molecule has 0 spiro atoms. The van der Waals surface area contributed by atoms with Gasteiger partial charge in [-0.1, -0.05) is 42.5 Å². The lowest BCUT2D eigenvalue weighted by Gasteiger charge is -2.44. The number of carbonyl (C=O) groups excluding carboxylic acids is 2. The zero-order chi connectivity index (χ0) is 22.5. The molecule has 3 heterocycles. The highest BCUT2D eigenvalue weighted by molar-refractivity contribution is 5.87. The topological polar surface area (TPSA) is 105 Å². The summed E-state index contributed by atoms with van der Waals surface area (Å²) in [7, 11) is 0. The SMILES string of the molecule is O=C(NC(C(=O)O[C@H]1CN2CCC1CC2)c1ccccc1)OCc1cccc(C(=O)O)c1. The van der Waals surface area contributed by atoms with Crippen LogP contribution in [0.2, 0.25) is 0 Å². The molecule has 3 aliphatic heterocycles. The molecule has 2 aromatic carbocycles. The number of ether oxygens (including phenoxy) is 2. The molecule has 1 unspecified atom stereocenters. The molecule has 2 bridgehead atoms. The van der Waals surface area contributed by atoms with Gasteiger partial charge in [0.25, 0.3) is 0 Å². The van der Waals surface area contributed by atoms with Crippen molar-refractivity contribution in [3.63, 3.8) is 0 Å². The summed E-state index contributed by atoms with van der Waals surface area (Å²) in [5, 5.41) is 11.7. The summed E-state index contributed by atoms with van der Waals surface area (Å²) < 4.78 is 11.1. The third-order valence-electron chi connectivity index (χ3n) is 6.04. The van der Waals surface area contributed by atoms with Crippen LogP contribution in [0.15, 0.2) is 54.6 Å². The molecule has 3 aliphatic rings. The van der Waals surface area contributed by atoms with Gasteiger partial charge < -0.3 is 19.9 Å². The van der Waals surface area contributed by atoms with Gasteiger partial charge in [-0.2, -0.15) is 0 Å². The predicted molar refractivity (Wildman–Crippen MR) is 115 cm³/mol. The molecule has 8 heteroatoms. The van der Waals surface area contributed by atoms with E-state index in [1.165, 1.54) is 12.1 Å². The van der Waals surface area contributed by atoms with Crippen LogP contribution < -0.4 is 5.32 Å². The molecule has 5 rings (SSSR count). The van der Waals surface area contributed by atoms with E-state index in [1.807, 2.05) is 6.07 Å². The van der Waals surface area contributed by atoms with Gasteiger partial charge in [0.1, 0.15) is 12.7 Å². The van der Waals surface area contributed by atoms with Crippen LogP contribution in [-0.4, -0.2) is 53.8 Å². The molecule has 1 amide bonds. The van der Waals surface area contributed by atoms with Crippen molar-refractivity contribution in [1.29, 1.82) is 0 Å². The first-order valence-electron chi connectivity index (χ1n) is 10.7. The first-order valence-corrected chi connectivity index (χ1v) is 10.7. The summed E-state index contributed by atoms with van der Waals surface area (Å²) in [5.74, 6) is -1.22. The van der Waals surface area contributed by atoms with E-state index in [1.54, 1.807) is 36.4 Å². The minimum Gasteiger partial charge on any atom is -0.478 e. The summed E-state index contributed by atoms with van der Waals surface area (Å²) >= 11 is 0. The lowest BCUT2D eigenvalue weighted by Crippen LogP contribution is -2.52. The van der Waals surface area contributed by atoms with Crippen molar-refractivity contribution in [2.45, 2.75) is 31.6 Å². The number of fused-ring (bicyclic) bond motifs is 3. The van der Waals surface area contributed by atoms with Gasteiger partial charge in [0, 0.05) is 6.54 Å². The third kappa shape index (κ3) is 5.26. The molecule has 2 N–H and O–H groups in total. The number of nitrogens with zero attached hydrogens (tertiary/aromatic N) is 1. The molecule has 8 nitrogen and oxygen atoms in total. The van der Waals surface area contributed by atoms with E-state index in [0.29, 0.717) is 17.0 Å². The minimum absolute atomic E-state index is 0.106. The van der Waals surface area contributed by atoms with Crippen LogP contribution in [-0.2, 0) is 20.9 Å². The van der Waals surface area contributed by atoms with Crippen LogP contribution in [0.5, 0.6) is 0 Å². The number of hydrogen-bond donors (Lipinski definition) is 2. The Labute approximate surface area is 186 Å². The zero-order valence-corrected chi connectivity index (χ0v) is 17.6. The van der Waals surface area contributed by atoms with Crippen molar-refractivity contribution in [2.24, 2.45) is 5.92 Å². The molecule has 2 atom stereocenters. The van der Waals surface area contributed by atoms with Gasteiger partial charge >= 0.3 is 18.0 Å². The highest BCUT2D eigenvalue weighted by Crippen LogP contribution is 2.30. The summed E-state index contributed by atoms with van der Waals surface area (Å²) in [5.41, 5.74) is 1.24. The standard InChI is InChI=1S/C24H26N2O6/c27-22(28)19-8-4-5-16(13-19)15-31-24(30)25-21(18-6-2-1-3-7-18)23(29)32-20-14-26-11-9-17(20)10-12-26/h1-8,13,17,20-21H,9-12,14-15H2,(H,25,30)(H,27,28)/t20-,21?/m0/s1. The molecule has 3 fully saturated rings. The van der Waals surface area contributed by atoms with Gasteiger partial charge in [-0.3, -0.25) is 4.90 Å². The molecule has 168 valence electrons. The maximum atomic E-state index is 13.0. The van der Waals surface area contributed by atoms with Crippen molar-refractivity contribution in [2.75, 3.05) is 19.6 Å². The average molecular weight is 438 g/mol. The van der Waals surface area contributed by atoms with E-state index in [9.17, 15) is 14.4 Å². The van der Waals surface area contributed by atoms with Crippen molar-refractivity contribution < 1.29 is 29.0 Å². The maximum absolute atomic E-state index is 13.0. The number of nitrogens with one attached hydrogen (secondary N) is 1. The number of carboxylic acid groups (broad SMARTS) is 1. The highest BCUT2D eigenvalue weighted by Gasteiger charge is 2.38. The molecule has 0 saturated carbocycles. The van der Waals surface area contributed by atoms with Crippen molar-refractivity contribution in [3.8, 4) is 0 Å². The van der Waals surface area contributed by atoms with Crippen molar-refractivity contribution in [3.05, 3.63) is 71.3 Å². The minimum atomic E-state index is -1.06. The van der Waals surface area contributed by atoms with Gasteiger partial charge in [0.2, 0.25) is 0 Å². The summed E-state index contributed by atoms with van der Waals surface area (Å²) in [6, 6.07) is 14.0.